The van der Waals surface area contributed by atoms with Gasteiger partial charge in [-0.1, -0.05) is 6.92 Å². The Bertz CT molecular complexity index is 760. The van der Waals surface area contributed by atoms with E-state index in [0.717, 1.165) is 44.6 Å². The van der Waals surface area contributed by atoms with Gasteiger partial charge in [-0.3, -0.25) is 9.69 Å². The lowest BCUT2D eigenvalue weighted by molar-refractivity contribution is -0.127. The number of ether oxygens (including phenoxy) is 1. The predicted octanol–water partition coefficient (Wildman–Crippen LogP) is 3.31. The molecule has 26 heavy (non-hydrogen) atoms. The molecule has 5 nitrogen and oxygen atoms in total. The number of nitrogens with one attached hydrogen (secondary N) is 1. The first-order chi connectivity index (χ1) is 12.5. The van der Waals surface area contributed by atoms with Crippen LogP contribution in [0.15, 0.2) is 24.4 Å². The molecule has 1 fully saturated rings. The molecule has 2 aromatic rings. The fraction of sp³-hybridized carbons (Fsp3) is 0.571. The molecule has 1 saturated heterocycles. The number of hydrogen-bond acceptors (Lipinski definition) is 3. The van der Waals surface area contributed by atoms with Gasteiger partial charge in [-0.25, -0.2) is 0 Å². The molecule has 5 heteroatoms. The van der Waals surface area contributed by atoms with Crippen molar-refractivity contribution in [2.75, 3.05) is 20.2 Å². The molecule has 2 heterocycles. The summed E-state index contributed by atoms with van der Waals surface area (Å²) in [4.78, 5) is 14.8. The van der Waals surface area contributed by atoms with Crippen molar-refractivity contribution >= 4 is 16.8 Å². The maximum Gasteiger partial charge on any atom is 0.223 e. The van der Waals surface area contributed by atoms with E-state index in [-0.39, 0.29) is 17.9 Å². The molecule has 0 aliphatic carbocycles. The number of nitrogens with zero attached hydrogens (tertiary/aromatic N) is 2. The molecule has 1 N–H and O–H groups in total. The number of hydrogen-bond donors (Lipinski definition) is 1. The molecule has 0 bridgehead atoms. The first kappa shape index (κ1) is 18.8. The van der Waals surface area contributed by atoms with E-state index < -0.39 is 0 Å². The highest BCUT2D eigenvalue weighted by atomic mass is 16.5. The Morgan fingerprint density at radius 3 is 2.73 bits per heavy atom. The SMILES string of the molecule is CC[C@@H](C)NC(=O)C1CCN(Cc2cn(C)c3ccc(OC)cc23)CC1. The normalized spacial score (nSPS) is 17.4. The minimum Gasteiger partial charge on any atom is -0.497 e. The van der Waals surface area contributed by atoms with Gasteiger partial charge in [-0.2, -0.15) is 0 Å². The van der Waals surface area contributed by atoms with E-state index in [4.69, 9.17) is 4.74 Å². The van der Waals surface area contributed by atoms with E-state index in [9.17, 15) is 4.79 Å². The Labute approximate surface area is 156 Å². The lowest BCUT2D eigenvalue weighted by Crippen LogP contribution is -2.42. The van der Waals surface area contributed by atoms with E-state index in [1.54, 1.807) is 7.11 Å². The van der Waals surface area contributed by atoms with Crippen LogP contribution in [0.1, 0.15) is 38.7 Å². The second kappa shape index (κ2) is 8.12. The molecule has 1 aromatic carbocycles. The molecular formula is C21H31N3O2. The molecule has 1 amide bonds. The lowest BCUT2D eigenvalue weighted by Gasteiger charge is -2.31. The molecule has 1 aliphatic rings. The van der Waals surface area contributed by atoms with Gasteiger partial charge in [0.1, 0.15) is 5.75 Å². The van der Waals surface area contributed by atoms with Crippen molar-refractivity contribution in [2.24, 2.45) is 13.0 Å². The van der Waals surface area contributed by atoms with E-state index in [1.165, 1.54) is 16.5 Å². The third-order valence-corrected chi connectivity index (χ3v) is 5.63. The summed E-state index contributed by atoms with van der Waals surface area (Å²) in [5.74, 6) is 1.28. The van der Waals surface area contributed by atoms with E-state index >= 15 is 0 Å². The zero-order valence-electron chi connectivity index (χ0n) is 16.4. The Kier molecular flexibility index (Phi) is 5.87. The van der Waals surface area contributed by atoms with Crippen LogP contribution in [-0.2, 0) is 18.4 Å². The molecule has 0 saturated carbocycles. The zero-order chi connectivity index (χ0) is 18.7. The van der Waals surface area contributed by atoms with Gasteiger partial charge in [-0.15, -0.1) is 0 Å². The van der Waals surface area contributed by atoms with Crippen LogP contribution in [0.4, 0.5) is 0 Å². The maximum absolute atomic E-state index is 12.3. The molecule has 1 aliphatic heterocycles. The molecule has 3 rings (SSSR count). The average Bonchev–Trinajstić information content (AvgIpc) is 2.97. The van der Waals surface area contributed by atoms with Crippen LogP contribution in [0.25, 0.3) is 10.9 Å². The number of aryl methyl sites for hydroxylation is 1. The Hall–Kier alpha value is -2.01. The third-order valence-electron chi connectivity index (χ3n) is 5.63. The summed E-state index contributed by atoms with van der Waals surface area (Å²) in [6.45, 7) is 7.04. The molecule has 142 valence electrons. The van der Waals surface area contributed by atoms with Crippen molar-refractivity contribution in [3.8, 4) is 5.75 Å². The number of rotatable bonds is 6. The number of methoxy groups -OCH3 is 1. The summed E-state index contributed by atoms with van der Waals surface area (Å²) in [7, 11) is 3.79. The molecule has 1 aromatic heterocycles. The van der Waals surface area contributed by atoms with Crippen LogP contribution >= 0.6 is 0 Å². The highest BCUT2D eigenvalue weighted by Crippen LogP contribution is 2.28. The maximum atomic E-state index is 12.3. The van der Waals surface area contributed by atoms with Crippen molar-refractivity contribution in [1.82, 2.24) is 14.8 Å². The van der Waals surface area contributed by atoms with Crippen molar-refractivity contribution in [3.63, 3.8) is 0 Å². The van der Waals surface area contributed by atoms with E-state index in [1.807, 2.05) is 6.07 Å². The summed E-state index contributed by atoms with van der Waals surface area (Å²) in [5.41, 5.74) is 2.55. The second-order valence-electron chi connectivity index (χ2n) is 7.52. The van der Waals surface area contributed by atoms with Gasteiger partial charge >= 0.3 is 0 Å². The topological polar surface area (TPSA) is 46.5 Å². The number of carbonyl (C=O) groups excluding carboxylic acids is 1. The molecule has 0 unspecified atom stereocenters. The molecular weight excluding hydrogens is 326 g/mol. The van der Waals surface area contributed by atoms with Gasteiger partial charge in [0.15, 0.2) is 0 Å². The fourth-order valence-electron chi connectivity index (χ4n) is 3.76. The van der Waals surface area contributed by atoms with Crippen LogP contribution in [0.5, 0.6) is 5.75 Å². The Morgan fingerprint density at radius 2 is 2.08 bits per heavy atom. The van der Waals surface area contributed by atoms with Crippen LogP contribution in [0.3, 0.4) is 0 Å². The van der Waals surface area contributed by atoms with Gasteiger partial charge < -0.3 is 14.6 Å². The van der Waals surface area contributed by atoms with Gasteiger partial charge in [-0.05, 0) is 63.0 Å². The van der Waals surface area contributed by atoms with E-state index in [0.29, 0.717) is 0 Å². The van der Waals surface area contributed by atoms with Crippen molar-refractivity contribution in [1.29, 1.82) is 0 Å². The zero-order valence-corrected chi connectivity index (χ0v) is 16.4. The standard InChI is InChI=1S/C21H31N3O2/c1-5-15(2)22-21(25)16-8-10-24(11-9-16)14-17-13-23(3)20-7-6-18(26-4)12-19(17)20/h6-7,12-13,15-16H,5,8-11,14H2,1-4H3,(H,22,25)/t15-/m1/s1. The minimum atomic E-state index is 0.160. The summed E-state index contributed by atoms with van der Waals surface area (Å²) >= 11 is 0. The van der Waals surface area contributed by atoms with Crippen molar-refractivity contribution in [2.45, 2.75) is 45.7 Å². The van der Waals surface area contributed by atoms with Gasteiger partial charge in [0.05, 0.1) is 7.11 Å². The third kappa shape index (κ3) is 4.04. The monoisotopic (exact) mass is 357 g/mol. The number of likely N-dealkylation sites (tertiary alicyclic amines) is 1. The lowest BCUT2D eigenvalue weighted by atomic mass is 9.95. The molecule has 1 atom stereocenters. The van der Waals surface area contributed by atoms with E-state index in [2.05, 4.69) is 54.0 Å². The Morgan fingerprint density at radius 1 is 1.35 bits per heavy atom. The summed E-state index contributed by atoms with van der Waals surface area (Å²) in [6.07, 6.45) is 5.08. The van der Waals surface area contributed by atoms with Gasteiger partial charge in [0, 0.05) is 42.7 Å². The van der Waals surface area contributed by atoms with Crippen molar-refractivity contribution in [3.05, 3.63) is 30.0 Å². The van der Waals surface area contributed by atoms with Crippen LogP contribution in [0.2, 0.25) is 0 Å². The molecule has 0 spiro atoms. The minimum absolute atomic E-state index is 0.160. The van der Waals surface area contributed by atoms with Crippen molar-refractivity contribution < 1.29 is 9.53 Å². The largest absolute Gasteiger partial charge is 0.497 e. The first-order valence-electron chi connectivity index (χ1n) is 9.66. The number of benzene rings is 1. The number of aromatic nitrogens is 1. The van der Waals surface area contributed by atoms with Gasteiger partial charge in [0.2, 0.25) is 5.91 Å². The molecule has 0 radical (unpaired) electrons. The summed E-state index contributed by atoms with van der Waals surface area (Å²) < 4.78 is 7.57. The van der Waals surface area contributed by atoms with Crippen LogP contribution in [0, 0.1) is 5.92 Å². The number of carbonyl (C=O) groups is 1. The summed E-state index contributed by atoms with van der Waals surface area (Å²) in [6, 6.07) is 6.51. The van der Waals surface area contributed by atoms with Crippen LogP contribution < -0.4 is 10.1 Å². The number of fused-ring (bicyclic) bond motifs is 1. The average molecular weight is 357 g/mol. The predicted molar refractivity (Wildman–Crippen MR) is 105 cm³/mol. The number of amides is 1. The smallest absolute Gasteiger partial charge is 0.223 e. The fourth-order valence-corrected chi connectivity index (χ4v) is 3.76. The number of piperidine rings is 1. The summed E-state index contributed by atoms with van der Waals surface area (Å²) in [5, 5.41) is 4.38. The van der Waals surface area contributed by atoms with Gasteiger partial charge in [0.25, 0.3) is 0 Å². The highest BCUT2D eigenvalue weighted by Gasteiger charge is 2.26. The quantitative estimate of drug-likeness (QED) is 0.863. The second-order valence-corrected chi connectivity index (χ2v) is 7.52. The van der Waals surface area contributed by atoms with Crippen LogP contribution in [-0.4, -0.2) is 41.6 Å². The highest BCUT2D eigenvalue weighted by molar-refractivity contribution is 5.85. The first-order valence-corrected chi connectivity index (χ1v) is 9.66. The Balaban J connectivity index is 1.63.